The third-order valence-electron chi connectivity index (χ3n) is 5.74. The predicted molar refractivity (Wildman–Crippen MR) is 145 cm³/mol. The number of fused-ring (bicyclic) bond motifs is 1. The third kappa shape index (κ3) is 6.07. The highest BCUT2D eigenvalue weighted by Crippen LogP contribution is 2.32. The molecule has 5 rings (SSSR count). The van der Waals surface area contributed by atoms with E-state index in [-0.39, 0.29) is 12.4 Å². The van der Waals surface area contributed by atoms with Gasteiger partial charge in [-0.15, -0.1) is 0 Å². The van der Waals surface area contributed by atoms with Crippen LogP contribution >= 0.6 is 11.6 Å². The Labute approximate surface area is 219 Å². The van der Waals surface area contributed by atoms with Crippen LogP contribution in [0.15, 0.2) is 83.5 Å². The van der Waals surface area contributed by atoms with Crippen molar-refractivity contribution in [3.05, 3.63) is 101 Å². The minimum atomic E-state index is -0.303. The molecule has 0 saturated carbocycles. The van der Waals surface area contributed by atoms with Gasteiger partial charge in [-0.3, -0.25) is 0 Å². The van der Waals surface area contributed by atoms with Crippen LogP contribution in [0.5, 0.6) is 5.75 Å². The first-order chi connectivity index (χ1) is 17.9. The average Bonchev–Trinajstić information content (AvgIpc) is 3.36. The summed E-state index contributed by atoms with van der Waals surface area (Å²) in [6.07, 6.45) is 1.52. The van der Waals surface area contributed by atoms with Gasteiger partial charge < -0.3 is 19.8 Å². The molecule has 0 unspecified atom stereocenters. The van der Waals surface area contributed by atoms with Gasteiger partial charge in [0.1, 0.15) is 41.8 Å². The molecule has 0 saturated heterocycles. The summed E-state index contributed by atoms with van der Waals surface area (Å²) in [5, 5.41) is 7.97. The van der Waals surface area contributed by atoms with E-state index in [0.717, 1.165) is 39.2 Å². The molecule has 2 aromatic heterocycles. The smallest absolute Gasteiger partial charge is 0.141 e. The van der Waals surface area contributed by atoms with Crippen LogP contribution in [0.2, 0.25) is 5.02 Å². The van der Waals surface area contributed by atoms with Crippen LogP contribution in [0.1, 0.15) is 25.2 Å². The predicted octanol–water partition coefficient (Wildman–Crippen LogP) is 7.50. The molecule has 6 nitrogen and oxygen atoms in total. The number of benzene rings is 3. The minimum Gasteiger partial charge on any atom is -0.487 e. The maximum Gasteiger partial charge on any atom is 0.141 e. The SMILES string of the molecule is CC(C)NCc1ccc(-c2ccc3ncnc(Nc4ccc(OCc5cccc(F)c5)c(Cl)c4)c3c2)o1. The molecular formula is C29H26ClFN4O2. The van der Waals surface area contributed by atoms with Gasteiger partial charge in [0.05, 0.1) is 17.1 Å². The maximum atomic E-state index is 13.4. The summed E-state index contributed by atoms with van der Waals surface area (Å²) >= 11 is 6.47. The topological polar surface area (TPSA) is 72.2 Å². The molecule has 8 heteroatoms. The standard InChI is InChI=1S/C29H26ClFN4O2/c1-18(2)32-15-23-8-11-27(37-23)20-6-9-26-24(13-20)29(34-17-33-26)35-22-7-10-28(25(30)14-22)36-16-19-4-3-5-21(31)12-19/h3-14,17-18,32H,15-16H2,1-2H3,(H,33,34,35). The summed E-state index contributed by atoms with van der Waals surface area (Å²) in [7, 11) is 0. The number of furan rings is 1. The van der Waals surface area contributed by atoms with Crippen molar-refractivity contribution in [2.45, 2.75) is 33.0 Å². The molecular weight excluding hydrogens is 491 g/mol. The van der Waals surface area contributed by atoms with E-state index in [9.17, 15) is 4.39 Å². The number of rotatable bonds is 9. The van der Waals surface area contributed by atoms with E-state index in [1.165, 1.54) is 18.5 Å². The zero-order valence-corrected chi connectivity index (χ0v) is 21.2. The zero-order valence-electron chi connectivity index (χ0n) is 20.5. The number of halogens is 2. The number of anilines is 2. The molecule has 2 heterocycles. The van der Waals surface area contributed by atoms with Gasteiger partial charge in [-0.1, -0.05) is 37.6 Å². The van der Waals surface area contributed by atoms with Gasteiger partial charge in [0, 0.05) is 22.7 Å². The van der Waals surface area contributed by atoms with Crippen molar-refractivity contribution in [1.82, 2.24) is 15.3 Å². The molecule has 37 heavy (non-hydrogen) atoms. The molecule has 2 N–H and O–H groups in total. The van der Waals surface area contributed by atoms with Crippen LogP contribution in [0.4, 0.5) is 15.9 Å². The monoisotopic (exact) mass is 516 g/mol. The van der Waals surface area contributed by atoms with Crippen molar-refractivity contribution in [1.29, 1.82) is 0 Å². The van der Waals surface area contributed by atoms with Crippen molar-refractivity contribution < 1.29 is 13.5 Å². The fourth-order valence-corrected chi connectivity index (χ4v) is 4.10. The van der Waals surface area contributed by atoms with Crippen molar-refractivity contribution in [3.8, 4) is 17.1 Å². The summed E-state index contributed by atoms with van der Waals surface area (Å²) < 4.78 is 25.2. The highest BCUT2D eigenvalue weighted by molar-refractivity contribution is 6.32. The Balaban J connectivity index is 1.34. The summed E-state index contributed by atoms with van der Waals surface area (Å²) in [6, 6.07) is 21.9. The first-order valence-electron chi connectivity index (χ1n) is 12.0. The second-order valence-corrected chi connectivity index (χ2v) is 9.35. The van der Waals surface area contributed by atoms with Crippen molar-refractivity contribution >= 4 is 34.0 Å². The molecule has 0 atom stereocenters. The second-order valence-electron chi connectivity index (χ2n) is 8.94. The Kier molecular flexibility index (Phi) is 7.35. The molecule has 0 radical (unpaired) electrons. The number of nitrogens with zero attached hydrogens (tertiary/aromatic N) is 2. The van der Waals surface area contributed by atoms with E-state index in [4.69, 9.17) is 20.8 Å². The zero-order chi connectivity index (χ0) is 25.8. The number of aromatic nitrogens is 2. The Morgan fingerprint density at radius 3 is 2.70 bits per heavy atom. The minimum absolute atomic E-state index is 0.214. The lowest BCUT2D eigenvalue weighted by atomic mass is 10.1. The maximum absolute atomic E-state index is 13.4. The molecule has 0 fully saturated rings. The molecule has 0 bridgehead atoms. The molecule has 5 aromatic rings. The molecule has 0 aliphatic carbocycles. The molecule has 0 amide bonds. The van der Waals surface area contributed by atoms with Crippen molar-refractivity contribution in [3.63, 3.8) is 0 Å². The first-order valence-corrected chi connectivity index (χ1v) is 12.3. The van der Waals surface area contributed by atoms with Gasteiger partial charge in [-0.2, -0.15) is 0 Å². The van der Waals surface area contributed by atoms with Crippen LogP contribution in [0.25, 0.3) is 22.2 Å². The Hall–Kier alpha value is -3.94. The molecule has 0 aliphatic rings. The Morgan fingerprint density at radius 1 is 1.00 bits per heavy atom. The first kappa shape index (κ1) is 24.7. The van der Waals surface area contributed by atoms with Gasteiger partial charge in [-0.05, 0) is 66.2 Å². The van der Waals surface area contributed by atoms with E-state index < -0.39 is 0 Å². The fraction of sp³-hybridized carbons (Fsp3) is 0.172. The summed E-state index contributed by atoms with van der Waals surface area (Å²) in [5.41, 5.74) is 3.20. The van der Waals surface area contributed by atoms with Gasteiger partial charge in [-0.25, -0.2) is 14.4 Å². The van der Waals surface area contributed by atoms with Crippen molar-refractivity contribution in [2.75, 3.05) is 5.32 Å². The van der Waals surface area contributed by atoms with Crippen LogP contribution in [0.3, 0.4) is 0 Å². The van der Waals surface area contributed by atoms with Gasteiger partial charge >= 0.3 is 0 Å². The molecule has 188 valence electrons. The third-order valence-corrected chi connectivity index (χ3v) is 6.04. The van der Waals surface area contributed by atoms with Crippen molar-refractivity contribution in [2.24, 2.45) is 0 Å². The highest BCUT2D eigenvalue weighted by atomic mass is 35.5. The lowest BCUT2D eigenvalue weighted by Gasteiger charge is -2.12. The number of ether oxygens (including phenoxy) is 1. The lowest BCUT2D eigenvalue weighted by molar-refractivity contribution is 0.306. The van der Waals surface area contributed by atoms with Gasteiger partial charge in [0.15, 0.2) is 0 Å². The van der Waals surface area contributed by atoms with Crippen LogP contribution in [-0.4, -0.2) is 16.0 Å². The molecule has 0 spiro atoms. The van der Waals surface area contributed by atoms with Gasteiger partial charge in [0.2, 0.25) is 0 Å². The van der Waals surface area contributed by atoms with E-state index in [1.807, 2.05) is 36.4 Å². The van der Waals surface area contributed by atoms with E-state index in [2.05, 4.69) is 34.4 Å². The number of nitrogens with one attached hydrogen (secondary N) is 2. The largest absolute Gasteiger partial charge is 0.487 e. The van der Waals surface area contributed by atoms with Crippen LogP contribution in [-0.2, 0) is 13.2 Å². The molecule has 3 aromatic carbocycles. The second kappa shape index (κ2) is 11.0. The van der Waals surface area contributed by atoms with Gasteiger partial charge in [0.25, 0.3) is 0 Å². The normalized spacial score (nSPS) is 11.3. The van der Waals surface area contributed by atoms with E-state index in [1.54, 1.807) is 24.3 Å². The summed E-state index contributed by atoms with van der Waals surface area (Å²) in [6.45, 7) is 5.08. The van der Waals surface area contributed by atoms with Crippen LogP contribution in [0, 0.1) is 5.82 Å². The average molecular weight is 517 g/mol. The fourth-order valence-electron chi connectivity index (χ4n) is 3.86. The quantitative estimate of drug-likeness (QED) is 0.211. The Morgan fingerprint density at radius 2 is 1.89 bits per heavy atom. The number of hydrogen-bond acceptors (Lipinski definition) is 6. The molecule has 0 aliphatic heterocycles. The number of hydrogen-bond donors (Lipinski definition) is 2. The Bertz CT molecular complexity index is 1540. The van der Waals surface area contributed by atoms with Crippen LogP contribution < -0.4 is 15.4 Å². The van der Waals surface area contributed by atoms with E-state index >= 15 is 0 Å². The summed E-state index contributed by atoms with van der Waals surface area (Å²) in [4.78, 5) is 8.85. The summed E-state index contributed by atoms with van der Waals surface area (Å²) in [5.74, 6) is 2.50. The lowest BCUT2D eigenvalue weighted by Crippen LogP contribution is -2.21. The van der Waals surface area contributed by atoms with E-state index in [0.29, 0.717) is 29.2 Å². The highest BCUT2D eigenvalue weighted by Gasteiger charge is 2.11.